The van der Waals surface area contributed by atoms with Gasteiger partial charge in [0, 0.05) is 37.3 Å². The van der Waals surface area contributed by atoms with Crippen LogP contribution in [0.1, 0.15) is 5.56 Å². The molecule has 124 valence electrons. The van der Waals surface area contributed by atoms with Gasteiger partial charge < -0.3 is 10.6 Å². The molecule has 7 heteroatoms. The van der Waals surface area contributed by atoms with E-state index in [1.807, 2.05) is 53.0 Å². The lowest BCUT2D eigenvalue weighted by Crippen LogP contribution is -2.42. The molecule has 2 aromatic rings. The fourth-order valence-electron chi connectivity index (χ4n) is 2.40. The molecule has 0 saturated carbocycles. The van der Waals surface area contributed by atoms with E-state index in [-0.39, 0.29) is 17.0 Å². The van der Waals surface area contributed by atoms with Gasteiger partial charge in [0.2, 0.25) is 0 Å². The Morgan fingerprint density at radius 1 is 1.22 bits per heavy atom. The molecule has 3 rings (SSSR count). The summed E-state index contributed by atoms with van der Waals surface area (Å²) < 4.78 is 1.89. The highest BCUT2D eigenvalue weighted by Gasteiger charge is 2.11. The minimum Gasteiger partial charge on any atom is -0.370 e. The topological polar surface area (TPSA) is 59.4 Å². The van der Waals surface area contributed by atoms with Crippen LogP contribution in [-0.2, 0) is 6.42 Å². The van der Waals surface area contributed by atoms with Gasteiger partial charge in [0.1, 0.15) is 0 Å². The molecule has 2 heterocycles. The number of thioether (sulfide) groups is 1. The molecule has 2 N–H and O–H groups in total. The van der Waals surface area contributed by atoms with Crippen LogP contribution in [0.15, 0.2) is 47.7 Å². The second kappa shape index (κ2) is 8.98. The Labute approximate surface area is 151 Å². The standard InChI is InChI=1S/C16H21N5S.BrH/c17-16(20-8-10-22-11-9-20)18-7-6-14-12-19-21(13-14)15-4-2-1-3-5-15;/h1-5,12-13H,6-11H2,(H2,17,18);1H. The molecule has 1 aliphatic rings. The zero-order valence-electron chi connectivity index (χ0n) is 13.0. The van der Waals surface area contributed by atoms with Gasteiger partial charge in [-0.3, -0.25) is 4.99 Å². The van der Waals surface area contributed by atoms with Gasteiger partial charge in [-0.15, -0.1) is 17.0 Å². The molecule has 1 aromatic heterocycles. The fraction of sp³-hybridized carbons (Fsp3) is 0.375. The summed E-state index contributed by atoms with van der Waals surface area (Å²) in [6, 6.07) is 10.1. The molecule has 0 radical (unpaired) electrons. The fourth-order valence-corrected chi connectivity index (χ4v) is 3.31. The number of guanidine groups is 1. The SMILES string of the molecule is Br.NC(=NCCc1cnn(-c2ccccc2)c1)N1CCSCC1. The number of aromatic nitrogens is 2. The van der Waals surface area contributed by atoms with E-state index in [2.05, 4.69) is 21.2 Å². The van der Waals surface area contributed by atoms with E-state index in [1.165, 1.54) is 5.56 Å². The van der Waals surface area contributed by atoms with Gasteiger partial charge in [-0.1, -0.05) is 18.2 Å². The van der Waals surface area contributed by atoms with Crippen molar-refractivity contribution in [3.63, 3.8) is 0 Å². The summed E-state index contributed by atoms with van der Waals surface area (Å²) in [7, 11) is 0. The molecule has 0 bridgehead atoms. The molecule has 0 aliphatic carbocycles. The van der Waals surface area contributed by atoms with E-state index in [4.69, 9.17) is 5.73 Å². The van der Waals surface area contributed by atoms with Crippen LogP contribution in [0.4, 0.5) is 0 Å². The van der Waals surface area contributed by atoms with Crippen molar-refractivity contribution in [3.8, 4) is 5.69 Å². The zero-order chi connectivity index (χ0) is 15.2. The Morgan fingerprint density at radius 3 is 2.70 bits per heavy atom. The largest absolute Gasteiger partial charge is 0.370 e. The summed E-state index contributed by atoms with van der Waals surface area (Å²) in [6.45, 7) is 2.72. The van der Waals surface area contributed by atoms with Crippen molar-refractivity contribution >= 4 is 34.7 Å². The Kier molecular flexibility index (Phi) is 6.98. The van der Waals surface area contributed by atoms with Crippen molar-refractivity contribution in [1.82, 2.24) is 14.7 Å². The number of nitrogens with zero attached hydrogens (tertiary/aromatic N) is 4. The van der Waals surface area contributed by atoms with E-state index in [9.17, 15) is 0 Å². The Morgan fingerprint density at radius 2 is 1.96 bits per heavy atom. The molecule has 0 amide bonds. The second-order valence-corrected chi connectivity index (χ2v) is 6.44. The van der Waals surface area contributed by atoms with Crippen LogP contribution in [0.25, 0.3) is 5.69 Å². The van der Waals surface area contributed by atoms with E-state index in [0.29, 0.717) is 12.5 Å². The minimum absolute atomic E-state index is 0. The van der Waals surface area contributed by atoms with Crippen molar-refractivity contribution in [3.05, 3.63) is 48.3 Å². The number of rotatable bonds is 4. The van der Waals surface area contributed by atoms with E-state index in [1.54, 1.807) is 0 Å². The number of halogens is 1. The van der Waals surface area contributed by atoms with Gasteiger partial charge in [0.25, 0.3) is 0 Å². The number of hydrogen-bond donors (Lipinski definition) is 1. The summed E-state index contributed by atoms with van der Waals surface area (Å²) in [5.74, 6) is 2.95. The van der Waals surface area contributed by atoms with Crippen LogP contribution in [0, 0.1) is 0 Å². The molecule has 23 heavy (non-hydrogen) atoms. The highest BCUT2D eigenvalue weighted by atomic mass is 79.9. The number of para-hydroxylation sites is 1. The normalized spacial score (nSPS) is 15.3. The maximum atomic E-state index is 6.05. The smallest absolute Gasteiger partial charge is 0.191 e. The lowest BCUT2D eigenvalue weighted by molar-refractivity contribution is 0.456. The summed E-state index contributed by atoms with van der Waals surface area (Å²) in [4.78, 5) is 6.67. The monoisotopic (exact) mass is 395 g/mol. The third-order valence-electron chi connectivity index (χ3n) is 3.67. The van der Waals surface area contributed by atoms with Gasteiger partial charge in [-0.2, -0.15) is 16.9 Å². The predicted molar refractivity (Wildman–Crippen MR) is 103 cm³/mol. The molecule has 5 nitrogen and oxygen atoms in total. The number of hydrogen-bond acceptors (Lipinski definition) is 3. The average molecular weight is 396 g/mol. The van der Waals surface area contributed by atoms with Crippen molar-refractivity contribution in [2.45, 2.75) is 6.42 Å². The lowest BCUT2D eigenvalue weighted by atomic mass is 10.2. The molecule has 0 atom stereocenters. The van der Waals surface area contributed by atoms with Crippen molar-refractivity contribution in [2.24, 2.45) is 10.7 Å². The van der Waals surface area contributed by atoms with Crippen molar-refractivity contribution in [2.75, 3.05) is 31.1 Å². The summed E-state index contributed by atoms with van der Waals surface area (Å²) in [5.41, 5.74) is 8.30. The highest BCUT2D eigenvalue weighted by Crippen LogP contribution is 2.10. The van der Waals surface area contributed by atoms with Crippen LogP contribution < -0.4 is 5.73 Å². The van der Waals surface area contributed by atoms with Gasteiger partial charge in [-0.05, 0) is 24.1 Å². The molecule has 0 unspecified atom stereocenters. The number of aliphatic imine (C=N–C) groups is 1. The first kappa shape index (κ1) is 17.9. The molecule has 0 spiro atoms. The lowest BCUT2D eigenvalue weighted by Gasteiger charge is -2.27. The van der Waals surface area contributed by atoms with Crippen LogP contribution in [0.3, 0.4) is 0 Å². The summed E-state index contributed by atoms with van der Waals surface area (Å²) in [5, 5.41) is 4.40. The molecule has 1 saturated heterocycles. The van der Waals surface area contributed by atoms with E-state index in [0.717, 1.165) is 36.7 Å². The average Bonchev–Trinajstić information content (AvgIpc) is 3.05. The van der Waals surface area contributed by atoms with Gasteiger partial charge >= 0.3 is 0 Å². The van der Waals surface area contributed by atoms with Gasteiger partial charge in [-0.25, -0.2) is 4.68 Å². The van der Waals surface area contributed by atoms with E-state index < -0.39 is 0 Å². The molecular weight excluding hydrogens is 374 g/mol. The third kappa shape index (κ3) is 5.00. The number of benzene rings is 1. The first-order valence-corrected chi connectivity index (χ1v) is 8.70. The summed E-state index contributed by atoms with van der Waals surface area (Å²) >= 11 is 1.97. The first-order chi connectivity index (χ1) is 10.8. The number of nitrogens with two attached hydrogens (primary N) is 1. The molecule has 1 aromatic carbocycles. The molecule has 1 aliphatic heterocycles. The first-order valence-electron chi connectivity index (χ1n) is 7.54. The zero-order valence-corrected chi connectivity index (χ0v) is 15.5. The van der Waals surface area contributed by atoms with Crippen molar-refractivity contribution in [1.29, 1.82) is 0 Å². The van der Waals surface area contributed by atoms with Crippen LogP contribution >= 0.6 is 28.7 Å². The van der Waals surface area contributed by atoms with Crippen LogP contribution in [0.2, 0.25) is 0 Å². The Bertz CT molecular complexity index is 622. The maximum Gasteiger partial charge on any atom is 0.191 e. The minimum atomic E-state index is 0. The van der Waals surface area contributed by atoms with E-state index >= 15 is 0 Å². The molecule has 1 fully saturated rings. The van der Waals surface area contributed by atoms with Gasteiger partial charge in [0.15, 0.2) is 5.96 Å². The third-order valence-corrected chi connectivity index (χ3v) is 4.61. The molecular formula is C16H22BrN5S. The van der Waals surface area contributed by atoms with Crippen molar-refractivity contribution < 1.29 is 0 Å². The van der Waals surface area contributed by atoms with Crippen LogP contribution in [0.5, 0.6) is 0 Å². The van der Waals surface area contributed by atoms with Gasteiger partial charge in [0.05, 0.1) is 11.9 Å². The van der Waals surface area contributed by atoms with Crippen LogP contribution in [-0.4, -0.2) is 51.8 Å². The second-order valence-electron chi connectivity index (χ2n) is 5.22. The Hall–Kier alpha value is -1.47. The predicted octanol–water partition coefficient (Wildman–Crippen LogP) is 2.36. The Balaban J connectivity index is 0.00000192. The highest BCUT2D eigenvalue weighted by molar-refractivity contribution is 8.93. The maximum absolute atomic E-state index is 6.05. The summed E-state index contributed by atoms with van der Waals surface area (Å²) in [6.07, 6.45) is 4.81. The quantitative estimate of drug-likeness (QED) is 0.637.